The molecule has 0 spiro atoms. The molecular formula is C20H22N2O6. The van der Waals surface area contributed by atoms with Crippen molar-refractivity contribution in [2.75, 3.05) is 33.4 Å². The molecule has 148 valence electrons. The molecule has 1 aromatic heterocycles. The van der Waals surface area contributed by atoms with E-state index in [0.29, 0.717) is 30.3 Å². The Labute approximate surface area is 162 Å². The molecule has 1 amide bonds. The zero-order valence-corrected chi connectivity index (χ0v) is 15.5. The molecule has 0 radical (unpaired) electrons. The van der Waals surface area contributed by atoms with Gasteiger partial charge in [-0.05, 0) is 36.8 Å². The average molecular weight is 386 g/mol. The standard InChI is InChI=1S/C20H22N2O6/c1-26-14-20(19(24)25)9-11-22(13-20)18(23)12-27-15-5-7-16(8-6-15)28-17-4-2-3-10-21-17/h2-8,10H,9,11-14H2,1H3,(H,24,25). The highest BCUT2D eigenvalue weighted by atomic mass is 16.5. The summed E-state index contributed by atoms with van der Waals surface area (Å²) in [6.07, 6.45) is 2.00. The van der Waals surface area contributed by atoms with Crippen molar-refractivity contribution in [2.24, 2.45) is 5.41 Å². The quantitative estimate of drug-likeness (QED) is 0.743. The summed E-state index contributed by atoms with van der Waals surface area (Å²) in [6, 6.07) is 12.2. The number of aliphatic carboxylic acids is 1. The number of carboxylic acids is 1. The summed E-state index contributed by atoms with van der Waals surface area (Å²) < 4.78 is 16.2. The van der Waals surface area contributed by atoms with E-state index in [-0.39, 0.29) is 25.7 Å². The van der Waals surface area contributed by atoms with E-state index in [9.17, 15) is 14.7 Å². The van der Waals surface area contributed by atoms with Crippen LogP contribution in [0.3, 0.4) is 0 Å². The Morgan fingerprint density at radius 3 is 2.57 bits per heavy atom. The molecule has 1 unspecified atom stereocenters. The van der Waals surface area contributed by atoms with E-state index in [1.807, 2.05) is 6.07 Å². The molecule has 1 N–H and O–H groups in total. The van der Waals surface area contributed by atoms with E-state index in [1.54, 1.807) is 42.6 Å². The van der Waals surface area contributed by atoms with Gasteiger partial charge in [-0.2, -0.15) is 0 Å². The first-order valence-electron chi connectivity index (χ1n) is 8.84. The van der Waals surface area contributed by atoms with Crippen LogP contribution in [0.25, 0.3) is 0 Å². The second kappa shape index (κ2) is 8.71. The van der Waals surface area contributed by atoms with Gasteiger partial charge in [0.25, 0.3) is 5.91 Å². The third kappa shape index (κ3) is 4.58. The fourth-order valence-electron chi connectivity index (χ4n) is 3.08. The number of nitrogens with zero attached hydrogens (tertiary/aromatic N) is 2. The normalized spacial score (nSPS) is 18.7. The van der Waals surface area contributed by atoms with Crippen LogP contribution in [0.15, 0.2) is 48.7 Å². The molecule has 1 aromatic carbocycles. The predicted octanol–water partition coefficient (Wildman–Crippen LogP) is 2.20. The fraction of sp³-hybridized carbons (Fsp3) is 0.350. The number of benzene rings is 1. The molecule has 8 heteroatoms. The van der Waals surface area contributed by atoms with Crippen molar-refractivity contribution >= 4 is 11.9 Å². The van der Waals surface area contributed by atoms with Crippen molar-refractivity contribution in [3.8, 4) is 17.4 Å². The van der Waals surface area contributed by atoms with Gasteiger partial charge in [0.2, 0.25) is 5.88 Å². The van der Waals surface area contributed by atoms with E-state index >= 15 is 0 Å². The number of likely N-dealkylation sites (tertiary alicyclic amines) is 1. The summed E-state index contributed by atoms with van der Waals surface area (Å²) in [4.78, 5) is 29.5. The van der Waals surface area contributed by atoms with Gasteiger partial charge < -0.3 is 24.2 Å². The molecule has 1 fully saturated rings. The molecular weight excluding hydrogens is 364 g/mol. The van der Waals surface area contributed by atoms with E-state index in [0.717, 1.165) is 0 Å². The second-order valence-corrected chi connectivity index (χ2v) is 6.61. The van der Waals surface area contributed by atoms with Gasteiger partial charge in [-0.15, -0.1) is 0 Å². The van der Waals surface area contributed by atoms with Gasteiger partial charge in [0, 0.05) is 32.5 Å². The first-order valence-corrected chi connectivity index (χ1v) is 8.84. The molecule has 1 saturated heterocycles. The number of aromatic nitrogens is 1. The molecule has 28 heavy (non-hydrogen) atoms. The first kappa shape index (κ1) is 19.6. The van der Waals surface area contributed by atoms with Crippen molar-refractivity contribution in [2.45, 2.75) is 6.42 Å². The van der Waals surface area contributed by atoms with Crippen molar-refractivity contribution in [3.63, 3.8) is 0 Å². The lowest BCUT2D eigenvalue weighted by Crippen LogP contribution is -2.41. The lowest BCUT2D eigenvalue weighted by atomic mass is 9.88. The summed E-state index contributed by atoms with van der Waals surface area (Å²) in [5.41, 5.74) is -1.05. The van der Waals surface area contributed by atoms with Crippen LogP contribution in [0.1, 0.15) is 6.42 Å². The Balaban J connectivity index is 1.51. The Kier molecular flexibility index (Phi) is 6.10. The summed E-state index contributed by atoms with van der Waals surface area (Å²) in [5.74, 6) is 0.394. The van der Waals surface area contributed by atoms with Crippen LogP contribution in [0, 0.1) is 5.41 Å². The highest BCUT2D eigenvalue weighted by Gasteiger charge is 2.46. The van der Waals surface area contributed by atoms with Crippen molar-refractivity contribution in [1.29, 1.82) is 0 Å². The third-order valence-corrected chi connectivity index (χ3v) is 4.63. The molecule has 1 aliphatic rings. The topological polar surface area (TPSA) is 98.2 Å². The molecule has 2 heterocycles. The molecule has 3 rings (SSSR count). The van der Waals surface area contributed by atoms with Crippen molar-refractivity contribution in [1.82, 2.24) is 9.88 Å². The maximum Gasteiger partial charge on any atom is 0.313 e. The van der Waals surface area contributed by atoms with Crippen LogP contribution >= 0.6 is 0 Å². The zero-order chi connectivity index (χ0) is 20.0. The van der Waals surface area contributed by atoms with Gasteiger partial charge in [0.15, 0.2) is 6.61 Å². The molecule has 0 saturated carbocycles. The van der Waals surface area contributed by atoms with Crippen LogP contribution in [0.5, 0.6) is 17.4 Å². The third-order valence-electron chi connectivity index (χ3n) is 4.63. The summed E-state index contributed by atoms with van der Waals surface area (Å²) in [6.45, 7) is 0.401. The monoisotopic (exact) mass is 386 g/mol. The van der Waals surface area contributed by atoms with Gasteiger partial charge in [0.05, 0.1) is 6.61 Å². The van der Waals surface area contributed by atoms with Crippen LogP contribution in [-0.4, -0.2) is 60.3 Å². The van der Waals surface area contributed by atoms with E-state index in [1.165, 1.54) is 12.0 Å². The largest absolute Gasteiger partial charge is 0.484 e. The van der Waals surface area contributed by atoms with Gasteiger partial charge >= 0.3 is 5.97 Å². The maximum atomic E-state index is 12.4. The number of hydrogen-bond donors (Lipinski definition) is 1. The van der Waals surface area contributed by atoms with Gasteiger partial charge in [0.1, 0.15) is 16.9 Å². The Hall–Kier alpha value is -3.13. The molecule has 1 atom stereocenters. The lowest BCUT2D eigenvalue weighted by molar-refractivity contribution is -0.151. The SMILES string of the molecule is COCC1(C(=O)O)CCN(C(=O)COc2ccc(Oc3ccccn3)cc2)C1. The number of pyridine rings is 1. The van der Waals surface area contributed by atoms with Crippen LogP contribution < -0.4 is 9.47 Å². The Bertz CT molecular complexity index is 811. The highest BCUT2D eigenvalue weighted by molar-refractivity contribution is 5.81. The fourth-order valence-corrected chi connectivity index (χ4v) is 3.08. The lowest BCUT2D eigenvalue weighted by Gasteiger charge is -2.23. The van der Waals surface area contributed by atoms with E-state index < -0.39 is 11.4 Å². The van der Waals surface area contributed by atoms with Crippen LogP contribution in [0.2, 0.25) is 0 Å². The van der Waals surface area contributed by atoms with Gasteiger partial charge in [-0.3, -0.25) is 9.59 Å². The number of hydrogen-bond acceptors (Lipinski definition) is 6. The number of rotatable bonds is 8. The number of methoxy groups -OCH3 is 1. The zero-order valence-electron chi connectivity index (χ0n) is 15.5. The van der Waals surface area contributed by atoms with Crippen molar-refractivity contribution in [3.05, 3.63) is 48.7 Å². The highest BCUT2D eigenvalue weighted by Crippen LogP contribution is 2.31. The van der Waals surface area contributed by atoms with Crippen molar-refractivity contribution < 1.29 is 28.9 Å². The van der Waals surface area contributed by atoms with E-state index in [4.69, 9.17) is 14.2 Å². The van der Waals surface area contributed by atoms with E-state index in [2.05, 4.69) is 4.98 Å². The smallest absolute Gasteiger partial charge is 0.313 e. The van der Waals surface area contributed by atoms with Gasteiger partial charge in [-0.25, -0.2) is 4.98 Å². The predicted molar refractivity (Wildman–Crippen MR) is 99.4 cm³/mol. The number of carbonyl (C=O) groups excluding carboxylic acids is 1. The number of amides is 1. The molecule has 2 aromatic rings. The van der Waals surface area contributed by atoms with Gasteiger partial charge in [-0.1, -0.05) is 6.07 Å². The Morgan fingerprint density at radius 2 is 1.93 bits per heavy atom. The average Bonchev–Trinajstić information content (AvgIpc) is 3.14. The summed E-state index contributed by atoms with van der Waals surface area (Å²) in [5, 5.41) is 9.47. The maximum absolute atomic E-state index is 12.4. The number of carboxylic acid groups (broad SMARTS) is 1. The number of carbonyl (C=O) groups is 2. The molecule has 0 aliphatic carbocycles. The molecule has 1 aliphatic heterocycles. The second-order valence-electron chi connectivity index (χ2n) is 6.61. The minimum absolute atomic E-state index is 0.0741. The minimum Gasteiger partial charge on any atom is -0.484 e. The summed E-state index contributed by atoms with van der Waals surface area (Å²) in [7, 11) is 1.46. The first-order chi connectivity index (χ1) is 13.5. The molecule has 8 nitrogen and oxygen atoms in total. The number of ether oxygens (including phenoxy) is 3. The van der Waals surface area contributed by atoms with Crippen LogP contribution in [-0.2, 0) is 14.3 Å². The summed E-state index contributed by atoms with van der Waals surface area (Å²) >= 11 is 0. The van der Waals surface area contributed by atoms with Crippen LogP contribution in [0.4, 0.5) is 0 Å². The molecule has 0 bridgehead atoms. The Morgan fingerprint density at radius 1 is 1.18 bits per heavy atom. The minimum atomic E-state index is -1.05.